The zero-order chi connectivity index (χ0) is 44.3. The standard InChI is InChI=1S/C57H62N2O5/c1-4-7-9-11-13-18-22-40(23-19-14-12-10-8-5-2)59-56(62)47-32-28-43-41-26-30-45-52-46(31-27-42(50(41)52)44-29-33-48(57(59)63)53(47)51(43)44)55(61)58(54(45)60)36-64-49-35-37(6-3)34-39(49)25-24-38-20-16-15-17-21-38/h6,15-17,20-21,24-33,37,39-40,49H,3-5,7-14,18-19,22-23,34-36H2,1-2H3/b25-24-. The minimum Gasteiger partial charge on any atom is -0.357 e. The van der Waals surface area contributed by atoms with Gasteiger partial charge in [0.15, 0.2) is 0 Å². The molecule has 0 aromatic heterocycles. The smallest absolute Gasteiger partial charge is 0.263 e. The second-order valence-corrected chi connectivity index (χ2v) is 18.7. The summed E-state index contributed by atoms with van der Waals surface area (Å²) in [5.41, 5.74) is 3.18. The van der Waals surface area contributed by atoms with Gasteiger partial charge in [0, 0.05) is 45.0 Å². The van der Waals surface area contributed by atoms with Crippen molar-refractivity contribution < 1.29 is 23.9 Å². The number of benzene rings is 6. The summed E-state index contributed by atoms with van der Waals surface area (Å²) in [5.74, 6) is -0.751. The minimum absolute atomic E-state index is 0.117. The van der Waals surface area contributed by atoms with E-state index in [2.05, 4.69) is 44.7 Å². The topological polar surface area (TPSA) is 84.0 Å². The molecule has 7 nitrogen and oxygen atoms in total. The normalized spacial score (nSPS) is 18.8. The van der Waals surface area contributed by atoms with E-state index in [1.54, 1.807) is 4.90 Å². The molecule has 0 saturated heterocycles. The SMILES string of the molecule is C=CC1CC(/C=C\c2ccccc2)C(OCN2C(=O)c3ccc4c5ccc6c7c(ccc(c8ccc(c3c48)C2=O)c75)C(=O)N(C(CCCCCCCC)CCCCCCCC)C6=O)C1. The summed E-state index contributed by atoms with van der Waals surface area (Å²) in [6, 6.07) is 25.4. The van der Waals surface area contributed by atoms with E-state index in [0.717, 1.165) is 89.2 Å². The van der Waals surface area contributed by atoms with Crippen molar-refractivity contribution in [2.75, 3.05) is 6.73 Å². The van der Waals surface area contributed by atoms with Crippen LogP contribution in [0.3, 0.4) is 0 Å². The number of imide groups is 2. The highest BCUT2D eigenvalue weighted by Crippen LogP contribution is 2.47. The summed E-state index contributed by atoms with van der Waals surface area (Å²) in [6.45, 7) is 8.36. The third kappa shape index (κ3) is 8.06. The molecule has 1 saturated carbocycles. The lowest BCUT2D eigenvalue weighted by Crippen LogP contribution is -2.47. The fourth-order valence-electron chi connectivity index (χ4n) is 11.1. The number of carbonyl (C=O) groups is 4. The first-order valence-electron chi connectivity index (χ1n) is 24.3. The van der Waals surface area contributed by atoms with Crippen molar-refractivity contribution >= 4 is 72.8 Å². The van der Waals surface area contributed by atoms with Gasteiger partial charge in [-0.25, -0.2) is 4.90 Å². The Morgan fingerprint density at radius 1 is 0.578 bits per heavy atom. The van der Waals surface area contributed by atoms with E-state index in [0.29, 0.717) is 33.0 Å². The van der Waals surface area contributed by atoms with Gasteiger partial charge in [-0.3, -0.25) is 24.1 Å². The van der Waals surface area contributed by atoms with Gasteiger partial charge in [-0.05, 0) is 93.7 Å². The molecule has 7 heteroatoms. The van der Waals surface area contributed by atoms with Gasteiger partial charge in [-0.2, -0.15) is 0 Å². The molecule has 3 aliphatic rings. The molecule has 2 heterocycles. The van der Waals surface area contributed by atoms with E-state index >= 15 is 0 Å². The predicted molar refractivity (Wildman–Crippen MR) is 260 cm³/mol. The molecule has 4 amide bonds. The lowest BCUT2D eigenvalue weighted by atomic mass is 9.82. The highest BCUT2D eigenvalue weighted by atomic mass is 16.5. The Labute approximate surface area is 377 Å². The van der Waals surface area contributed by atoms with Gasteiger partial charge < -0.3 is 4.74 Å². The molecule has 0 bridgehead atoms. The molecule has 6 aromatic rings. The van der Waals surface area contributed by atoms with Gasteiger partial charge in [0.05, 0.1) is 6.10 Å². The van der Waals surface area contributed by atoms with Crippen molar-refractivity contribution in [1.82, 2.24) is 9.80 Å². The van der Waals surface area contributed by atoms with Gasteiger partial charge in [-0.1, -0.05) is 164 Å². The molecule has 9 rings (SSSR count). The highest BCUT2D eigenvalue weighted by Gasteiger charge is 2.40. The van der Waals surface area contributed by atoms with E-state index in [9.17, 15) is 19.2 Å². The molecule has 0 spiro atoms. The van der Waals surface area contributed by atoms with Crippen LogP contribution in [0.4, 0.5) is 0 Å². The van der Waals surface area contributed by atoms with Crippen LogP contribution < -0.4 is 0 Å². The Morgan fingerprint density at radius 3 is 1.53 bits per heavy atom. The largest absolute Gasteiger partial charge is 0.357 e. The van der Waals surface area contributed by atoms with Crippen LogP contribution in [0.1, 0.15) is 164 Å². The van der Waals surface area contributed by atoms with Gasteiger partial charge in [0.2, 0.25) is 0 Å². The van der Waals surface area contributed by atoms with E-state index in [4.69, 9.17) is 4.74 Å². The zero-order valence-corrected chi connectivity index (χ0v) is 37.7. The van der Waals surface area contributed by atoms with Crippen LogP contribution in [0.15, 0.2) is 97.6 Å². The van der Waals surface area contributed by atoms with Crippen molar-refractivity contribution in [1.29, 1.82) is 0 Å². The van der Waals surface area contributed by atoms with Crippen LogP contribution in [0.25, 0.3) is 49.2 Å². The van der Waals surface area contributed by atoms with Gasteiger partial charge in [0.25, 0.3) is 23.6 Å². The molecular formula is C57H62N2O5. The lowest BCUT2D eigenvalue weighted by molar-refractivity contribution is -0.0182. The predicted octanol–water partition coefficient (Wildman–Crippen LogP) is 14.1. The van der Waals surface area contributed by atoms with Gasteiger partial charge >= 0.3 is 0 Å². The summed E-state index contributed by atoms with van der Waals surface area (Å²) in [4.78, 5) is 61.0. The lowest BCUT2D eigenvalue weighted by Gasteiger charge is -2.35. The third-order valence-electron chi connectivity index (χ3n) is 14.6. The Bertz CT molecular complexity index is 2620. The first kappa shape index (κ1) is 43.6. The molecule has 1 fully saturated rings. The fourth-order valence-corrected chi connectivity index (χ4v) is 11.1. The van der Waals surface area contributed by atoms with E-state index in [1.807, 2.05) is 72.8 Å². The number of fused-ring (bicyclic) bond motifs is 2. The molecule has 64 heavy (non-hydrogen) atoms. The number of hydrogen-bond donors (Lipinski definition) is 0. The molecule has 2 aliphatic heterocycles. The maximum absolute atomic E-state index is 14.7. The van der Waals surface area contributed by atoms with Crippen LogP contribution in [0.5, 0.6) is 0 Å². The first-order valence-corrected chi connectivity index (χ1v) is 24.3. The second kappa shape index (κ2) is 19.2. The average molecular weight is 855 g/mol. The number of hydrogen-bond acceptors (Lipinski definition) is 5. The van der Waals surface area contributed by atoms with Gasteiger partial charge in [0.1, 0.15) is 6.73 Å². The molecule has 330 valence electrons. The number of ether oxygens (including phenoxy) is 1. The third-order valence-corrected chi connectivity index (χ3v) is 14.6. The molecule has 0 radical (unpaired) electrons. The van der Waals surface area contributed by atoms with Crippen LogP contribution in [0.2, 0.25) is 0 Å². The zero-order valence-electron chi connectivity index (χ0n) is 37.7. The van der Waals surface area contributed by atoms with Crippen LogP contribution >= 0.6 is 0 Å². The van der Waals surface area contributed by atoms with Crippen LogP contribution in [-0.2, 0) is 4.74 Å². The molecule has 6 aromatic carbocycles. The van der Waals surface area contributed by atoms with Crippen molar-refractivity contribution in [2.45, 2.75) is 129 Å². The fraction of sp³-hybridized carbons (Fsp3) is 0.404. The maximum atomic E-state index is 14.7. The minimum atomic E-state index is -0.375. The molecule has 3 atom stereocenters. The molecule has 0 N–H and O–H groups in total. The molecular weight excluding hydrogens is 793 g/mol. The number of allylic oxidation sites excluding steroid dienone is 1. The Kier molecular flexibility index (Phi) is 13.1. The molecule has 3 unspecified atom stereocenters. The van der Waals surface area contributed by atoms with Crippen LogP contribution in [-0.4, -0.2) is 52.3 Å². The van der Waals surface area contributed by atoms with E-state index < -0.39 is 0 Å². The Balaban J connectivity index is 1.01. The quantitative estimate of drug-likeness (QED) is 0.0237. The number of carbonyl (C=O) groups excluding carboxylic acids is 4. The summed E-state index contributed by atoms with van der Waals surface area (Å²) in [6.07, 6.45) is 23.4. The van der Waals surface area contributed by atoms with E-state index in [1.165, 1.54) is 56.3 Å². The highest BCUT2D eigenvalue weighted by molar-refractivity contribution is 6.41. The van der Waals surface area contributed by atoms with Crippen LogP contribution in [0, 0.1) is 11.8 Å². The van der Waals surface area contributed by atoms with E-state index in [-0.39, 0.29) is 54.3 Å². The monoisotopic (exact) mass is 854 g/mol. The number of rotatable bonds is 21. The van der Waals surface area contributed by atoms with Crippen molar-refractivity contribution in [3.05, 3.63) is 125 Å². The molecule has 1 aliphatic carbocycles. The summed E-state index contributed by atoms with van der Waals surface area (Å²) in [7, 11) is 0. The van der Waals surface area contributed by atoms with Crippen molar-refractivity contribution in [2.24, 2.45) is 11.8 Å². The maximum Gasteiger partial charge on any atom is 0.263 e. The van der Waals surface area contributed by atoms with Crippen molar-refractivity contribution in [3.8, 4) is 0 Å². The first-order chi connectivity index (χ1) is 31.3. The summed E-state index contributed by atoms with van der Waals surface area (Å²) < 4.78 is 6.47. The average Bonchev–Trinajstić information content (AvgIpc) is 3.72. The van der Waals surface area contributed by atoms with Crippen molar-refractivity contribution in [3.63, 3.8) is 0 Å². The second-order valence-electron chi connectivity index (χ2n) is 18.7. The summed E-state index contributed by atoms with van der Waals surface area (Å²) in [5, 5.41) is 6.64. The summed E-state index contributed by atoms with van der Waals surface area (Å²) >= 11 is 0. The number of unbranched alkanes of at least 4 members (excludes halogenated alkanes) is 10. The number of amides is 4. The number of nitrogens with zero attached hydrogens (tertiary/aromatic N) is 2. The Morgan fingerprint density at radius 2 is 1.05 bits per heavy atom. The Hall–Kier alpha value is -5.66. The van der Waals surface area contributed by atoms with Gasteiger partial charge in [-0.15, -0.1) is 6.58 Å².